The topological polar surface area (TPSA) is 47.8 Å². The highest BCUT2D eigenvalue weighted by molar-refractivity contribution is 5.80. The summed E-state index contributed by atoms with van der Waals surface area (Å²) in [4.78, 5) is 9.37. The van der Waals surface area contributed by atoms with Crippen LogP contribution in [-0.4, -0.2) is 80.2 Å². The van der Waals surface area contributed by atoms with Gasteiger partial charge in [-0.3, -0.25) is 4.99 Å². The van der Waals surface area contributed by atoms with Gasteiger partial charge in [-0.2, -0.15) is 0 Å². The van der Waals surface area contributed by atoms with Gasteiger partial charge in [-0.05, 0) is 63.5 Å². The summed E-state index contributed by atoms with van der Waals surface area (Å²) in [5, 5.41) is 8.20. The molecule has 6 nitrogen and oxygen atoms in total. The molecule has 2 N–H and O–H groups in total. The zero-order valence-corrected chi connectivity index (χ0v) is 17.5. The summed E-state index contributed by atoms with van der Waals surface area (Å²) in [5.74, 6) is 0.910. The quantitative estimate of drug-likeness (QED) is 0.416. The fraction of sp³-hybridized carbons (Fsp3) is 0.591. The Bertz CT molecular complexity index is 737. The first-order valence-electron chi connectivity index (χ1n) is 10.7. The maximum atomic E-state index is 4.35. The van der Waals surface area contributed by atoms with E-state index in [1.165, 1.54) is 50.0 Å². The van der Waals surface area contributed by atoms with E-state index in [4.69, 9.17) is 0 Å². The Balaban J connectivity index is 1.29. The molecule has 0 spiro atoms. The average molecular weight is 385 g/mol. The molecule has 1 aliphatic rings. The molecular formula is C22H36N6. The van der Waals surface area contributed by atoms with Crippen molar-refractivity contribution in [2.75, 3.05) is 59.9 Å². The van der Waals surface area contributed by atoms with Gasteiger partial charge in [-0.15, -0.1) is 0 Å². The molecule has 0 saturated carbocycles. The minimum atomic E-state index is 0.910. The molecule has 2 heterocycles. The zero-order valence-electron chi connectivity index (χ0n) is 17.5. The van der Waals surface area contributed by atoms with Gasteiger partial charge < -0.3 is 25.0 Å². The maximum Gasteiger partial charge on any atom is 0.190 e. The molecule has 0 atom stereocenters. The Hall–Kier alpha value is -2.05. The van der Waals surface area contributed by atoms with Crippen LogP contribution in [-0.2, 0) is 6.54 Å². The van der Waals surface area contributed by atoms with E-state index in [1.807, 2.05) is 7.05 Å². The molecule has 1 aromatic carbocycles. The number of aliphatic imine (C=N–C) groups is 1. The number of guanidine groups is 1. The van der Waals surface area contributed by atoms with E-state index >= 15 is 0 Å². The van der Waals surface area contributed by atoms with Gasteiger partial charge in [-0.1, -0.05) is 18.2 Å². The molecule has 28 heavy (non-hydrogen) atoms. The lowest BCUT2D eigenvalue weighted by Crippen LogP contribution is -2.39. The van der Waals surface area contributed by atoms with E-state index in [-0.39, 0.29) is 0 Å². The highest BCUT2D eigenvalue weighted by Crippen LogP contribution is 2.15. The second-order valence-electron chi connectivity index (χ2n) is 7.70. The number of para-hydroxylation sites is 1. The van der Waals surface area contributed by atoms with E-state index < -0.39 is 0 Å². The van der Waals surface area contributed by atoms with Gasteiger partial charge >= 0.3 is 0 Å². The van der Waals surface area contributed by atoms with Crippen LogP contribution in [0.15, 0.2) is 41.5 Å². The van der Waals surface area contributed by atoms with Gasteiger partial charge in [0.05, 0.1) is 0 Å². The van der Waals surface area contributed by atoms with Crippen molar-refractivity contribution in [3.8, 4) is 0 Å². The highest BCUT2D eigenvalue weighted by Gasteiger charge is 2.11. The lowest BCUT2D eigenvalue weighted by Gasteiger charge is -2.20. The van der Waals surface area contributed by atoms with Crippen LogP contribution in [0.3, 0.4) is 0 Å². The van der Waals surface area contributed by atoms with Gasteiger partial charge in [0.25, 0.3) is 0 Å². The number of nitrogens with zero attached hydrogens (tertiary/aromatic N) is 4. The van der Waals surface area contributed by atoms with Crippen molar-refractivity contribution >= 4 is 16.9 Å². The summed E-state index contributed by atoms with van der Waals surface area (Å²) in [7, 11) is 4.07. The number of hydrogen-bond acceptors (Lipinski definition) is 3. The third-order valence-electron chi connectivity index (χ3n) is 5.53. The smallest absolute Gasteiger partial charge is 0.190 e. The molecule has 154 valence electrons. The second kappa shape index (κ2) is 11.1. The third kappa shape index (κ3) is 6.24. The summed E-state index contributed by atoms with van der Waals surface area (Å²) < 4.78 is 2.33. The van der Waals surface area contributed by atoms with E-state index in [9.17, 15) is 0 Å². The van der Waals surface area contributed by atoms with E-state index in [0.717, 1.165) is 38.4 Å². The predicted molar refractivity (Wildman–Crippen MR) is 119 cm³/mol. The van der Waals surface area contributed by atoms with Crippen LogP contribution in [0.25, 0.3) is 10.9 Å². The van der Waals surface area contributed by atoms with Crippen molar-refractivity contribution < 1.29 is 0 Å². The maximum absolute atomic E-state index is 4.35. The molecule has 0 amide bonds. The van der Waals surface area contributed by atoms with Crippen molar-refractivity contribution in [2.45, 2.75) is 25.8 Å². The van der Waals surface area contributed by atoms with Gasteiger partial charge in [0, 0.05) is 51.5 Å². The van der Waals surface area contributed by atoms with Crippen molar-refractivity contribution in [3.63, 3.8) is 0 Å². The van der Waals surface area contributed by atoms with Crippen LogP contribution in [0.5, 0.6) is 0 Å². The number of rotatable bonds is 8. The van der Waals surface area contributed by atoms with Crippen molar-refractivity contribution in [3.05, 3.63) is 36.5 Å². The molecule has 3 rings (SSSR count). The molecule has 0 bridgehead atoms. The summed E-state index contributed by atoms with van der Waals surface area (Å²) in [5.41, 5.74) is 1.31. The molecule has 1 aliphatic heterocycles. The largest absolute Gasteiger partial charge is 0.356 e. The van der Waals surface area contributed by atoms with Gasteiger partial charge in [0.2, 0.25) is 0 Å². The number of hydrogen-bond donors (Lipinski definition) is 2. The lowest BCUT2D eigenvalue weighted by atomic mass is 10.2. The monoisotopic (exact) mass is 384 g/mol. The Morgan fingerprint density at radius 3 is 2.57 bits per heavy atom. The Morgan fingerprint density at radius 2 is 1.75 bits per heavy atom. The van der Waals surface area contributed by atoms with Gasteiger partial charge in [0.15, 0.2) is 5.96 Å². The molecule has 0 radical (unpaired) electrons. The second-order valence-corrected chi connectivity index (χ2v) is 7.70. The third-order valence-corrected chi connectivity index (χ3v) is 5.53. The Kier molecular flexibility index (Phi) is 8.18. The first-order valence-corrected chi connectivity index (χ1v) is 10.7. The summed E-state index contributed by atoms with van der Waals surface area (Å²) in [6.07, 6.45) is 5.68. The molecule has 1 fully saturated rings. The average Bonchev–Trinajstić information content (AvgIpc) is 3.01. The zero-order chi connectivity index (χ0) is 19.6. The molecule has 1 aromatic heterocycles. The normalized spacial score (nSPS) is 17.0. The van der Waals surface area contributed by atoms with E-state index in [0.29, 0.717) is 0 Å². The molecule has 0 unspecified atom stereocenters. The Morgan fingerprint density at radius 1 is 0.964 bits per heavy atom. The summed E-state index contributed by atoms with van der Waals surface area (Å²) in [6, 6.07) is 10.7. The van der Waals surface area contributed by atoms with Crippen LogP contribution < -0.4 is 10.6 Å². The van der Waals surface area contributed by atoms with Gasteiger partial charge in [0.1, 0.15) is 0 Å². The number of likely N-dealkylation sites (N-methyl/N-ethyl adjacent to an activating group) is 1. The van der Waals surface area contributed by atoms with E-state index in [1.54, 1.807) is 0 Å². The van der Waals surface area contributed by atoms with Crippen LogP contribution in [0.2, 0.25) is 0 Å². The number of benzene rings is 1. The Labute approximate surface area is 169 Å². The standard InChI is InChI=1S/C22H36N6/c1-23-22(24-11-5-14-27-15-7-13-26(2)18-19-27)25-12-6-16-28-17-10-20-8-3-4-9-21(20)28/h3-4,8-10,17H,5-7,11-16,18-19H2,1-2H3,(H2,23,24,25). The summed E-state index contributed by atoms with van der Waals surface area (Å²) in [6.45, 7) is 8.90. The fourth-order valence-electron chi connectivity index (χ4n) is 3.85. The minimum Gasteiger partial charge on any atom is -0.356 e. The number of aryl methyl sites for hydroxylation is 1. The van der Waals surface area contributed by atoms with E-state index in [2.05, 4.69) is 73.6 Å². The van der Waals surface area contributed by atoms with Crippen molar-refractivity contribution in [1.82, 2.24) is 25.0 Å². The van der Waals surface area contributed by atoms with Crippen LogP contribution in [0, 0.1) is 0 Å². The number of aromatic nitrogens is 1. The lowest BCUT2D eigenvalue weighted by molar-refractivity contribution is 0.274. The first kappa shape index (κ1) is 20.7. The van der Waals surface area contributed by atoms with Crippen molar-refractivity contribution in [1.29, 1.82) is 0 Å². The molecule has 6 heteroatoms. The minimum absolute atomic E-state index is 0.910. The molecule has 0 aliphatic carbocycles. The molecular weight excluding hydrogens is 348 g/mol. The molecule has 2 aromatic rings. The van der Waals surface area contributed by atoms with Gasteiger partial charge in [-0.25, -0.2) is 0 Å². The highest BCUT2D eigenvalue weighted by atomic mass is 15.2. The number of nitrogens with one attached hydrogen (secondary N) is 2. The van der Waals surface area contributed by atoms with Crippen LogP contribution >= 0.6 is 0 Å². The predicted octanol–water partition coefficient (Wildman–Crippen LogP) is 2.22. The summed E-state index contributed by atoms with van der Waals surface area (Å²) >= 11 is 0. The fourth-order valence-corrected chi connectivity index (χ4v) is 3.85. The SMILES string of the molecule is CN=C(NCCCN1CCCN(C)CC1)NCCCn1ccc2ccccc21. The van der Waals surface area contributed by atoms with Crippen LogP contribution in [0.1, 0.15) is 19.3 Å². The number of fused-ring (bicyclic) bond motifs is 1. The van der Waals surface area contributed by atoms with Crippen molar-refractivity contribution in [2.24, 2.45) is 4.99 Å². The van der Waals surface area contributed by atoms with Crippen LogP contribution in [0.4, 0.5) is 0 Å². The first-order chi connectivity index (χ1) is 13.8. The molecule has 1 saturated heterocycles.